The highest BCUT2D eigenvalue weighted by Crippen LogP contribution is 2.32. The van der Waals surface area contributed by atoms with Gasteiger partial charge in [0, 0.05) is 66.6 Å². The van der Waals surface area contributed by atoms with E-state index in [1.165, 1.54) is 0 Å². The number of halogens is 1. The molecule has 9 heteroatoms. The molecule has 1 aliphatic carbocycles. The van der Waals surface area contributed by atoms with Crippen molar-refractivity contribution < 1.29 is 9.72 Å². The van der Waals surface area contributed by atoms with E-state index < -0.39 is 6.04 Å². The van der Waals surface area contributed by atoms with Crippen LogP contribution in [-0.4, -0.2) is 60.0 Å². The van der Waals surface area contributed by atoms with Crippen LogP contribution in [0.5, 0.6) is 0 Å². The van der Waals surface area contributed by atoms with Crippen LogP contribution in [0.1, 0.15) is 19.3 Å². The van der Waals surface area contributed by atoms with E-state index in [1.54, 1.807) is 0 Å². The van der Waals surface area contributed by atoms with Crippen LogP contribution in [0.4, 0.5) is 5.69 Å². The molecule has 146 valence electrons. The molecule has 4 atom stereocenters. The number of nitrogens with one attached hydrogen (secondary N) is 2. The second-order valence-electron chi connectivity index (χ2n) is 7.58. The molecule has 0 bridgehead atoms. The summed E-state index contributed by atoms with van der Waals surface area (Å²) in [5, 5.41) is 11.9. The fraction of sp³-hybridized carbons (Fsp3) is 0.611. The quantitative estimate of drug-likeness (QED) is 0.594. The first-order valence-electron chi connectivity index (χ1n) is 9.47. The topological polar surface area (TPSA) is 90.7 Å². The maximum atomic E-state index is 13.0. The molecule has 1 saturated carbocycles. The summed E-state index contributed by atoms with van der Waals surface area (Å²) < 4.78 is 0. The van der Waals surface area contributed by atoms with Crippen molar-refractivity contribution in [1.29, 1.82) is 0 Å². The van der Waals surface area contributed by atoms with Crippen LogP contribution >= 0.6 is 11.6 Å². The average Bonchev–Trinajstić information content (AvgIpc) is 3.10. The summed E-state index contributed by atoms with van der Waals surface area (Å²) >= 11 is 6.07. The van der Waals surface area contributed by atoms with Gasteiger partial charge in [-0.1, -0.05) is 17.7 Å². The predicted octanol–water partition coefficient (Wildman–Crippen LogP) is 1.28. The van der Waals surface area contributed by atoms with Crippen molar-refractivity contribution in [3.63, 3.8) is 0 Å². The molecule has 2 heterocycles. The predicted molar refractivity (Wildman–Crippen MR) is 102 cm³/mol. The number of anilines is 1. The minimum absolute atomic E-state index is 0.0207. The highest BCUT2D eigenvalue weighted by molar-refractivity contribution is 6.30. The summed E-state index contributed by atoms with van der Waals surface area (Å²) in [7, 11) is 0. The number of rotatable bonds is 3. The number of benzene rings is 1. The number of nitro groups is 1. The molecule has 3 aliphatic rings. The molecule has 27 heavy (non-hydrogen) atoms. The van der Waals surface area contributed by atoms with Gasteiger partial charge in [-0.2, -0.15) is 0 Å². The van der Waals surface area contributed by atoms with E-state index in [1.807, 2.05) is 29.2 Å². The number of carbonyl (C=O) groups excluding carboxylic acids is 1. The van der Waals surface area contributed by atoms with Crippen molar-refractivity contribution in [1.82, 2.24) is 15.8 Å². The lowest BCUT2D eigenvalue weighted by Gasteiger charge is -2.38. The molecule has 4 unspecified atom stereocenters. The zero-order valence-corrected chi connectivity index (χ0v) is 15.8. The SMILES string of the molecule is O=C(C1NNC2CCC([N+](=O)[O-])CC21)N1CCN(c2cccc(Cl)c2)CC1. The number of fused-ring (bicyclic) bond motifs is 1. The first kappa shape index (κ1) is 18.5. The average molecular weight is 394 g/mol. The Bertz CT molecular complexity index is 725. The molecule has 1 aromatic rings. The van der Waals surface area contributed by atoms with Gasteiger partial charge in [-0.15, -0.1) is 0 Å². The van der Waals surface area contributed by atoms with Crippen LogP contribution in [0.15, 0.2) is 24.3 Å². The number of hydrogen-bond donors (Lipinski definition) is 2. The normalized spacial score (nSPS) is 30.9. The number of amides is 1. The number of nitrogens with zero attached hydrogens (tertiary/aromatic N) is 3. The number of hydrazine groups is 1. The van der Waals surface area contributed by atoms with E-state index in [2.05, 4.69) is 15.8 Å². The maximum absolute atomic E-state index is 13.0. The monoisotopic (exact) mass is 393 g/mol. The van der Waals surface area contributed by atoms with E-state index >= 15 is 0 Å². The van der Waals surface area contributed by atoms with E-state index in [9.17, 15) is 14.9 Å². The molecule has 2 saturated heterocycles. The summed E-state index contributed by atoms with van der Waals surface area (Å²) in [5.74, 6) is 0.0253. The van der Waals surface area contributed by atoms with Gasteiger partial charge < -0.3 is 9.80 Å². The fourth-order valence-corrected chi connectivity index (χ4v) is 4.71. The van der Waals surface area contributed by atoms with Crippen LogP contribution in [0.2, 0.25) is 5.02 Å². The zero-order chi connectivity index (χ0) is 19.0. The number of carbonyl (C=O) groups is 1. The Kier molecular flexibility index (Phi) is 5.21. The van der Waals surface area contributed by atoms with Crippen LogP contribution in [0.25, 0.3) is 0 Å². The summed E-state index contributed by atoms with van der Waals surface area (Å²) in [4.78, 5) is 28.1. The summed E-state index contributed by atoms with van der Waals surface area (Å²) in [6.07, 6.45) is 1.76. The Hall–Kier alpha value is -1.90. The molecule has 0 radical (unpaired) electrons. The van der Waals surface area contributed by atoms with E-state index in [4.69, 9.17) is 11.6 Å². The number of hydrogen-bond acceptors (Lipinski definition) is 6. The highest BCUT2D eigenvalue weighted by Gasteiger charge is 2.47. The minimum Gasteiger partial charge on any atom is -0.368 e. The highest BCUT2D eigenvalue weighted by atomic mass is 35.5. The molecule has 8 nitrogen and oxygen atoms in total. The Labute approximate surface area is 163 Å². The fourth-order valence-electron chi connectivity index (χ4n) is 4.52. The van der Waals surface area contributed by atoms with Crippen LogP contribution in [0, 0.1) is 16.0 Å². The Balaban J connectivity index is 1.37. The van der Waals surface area contributed by atoms with Gasteiger partial charge in [-0.25, -0.2) is 5.43 Å². The molecule has 2 N–H and O–H groups in total. The molecule has 0 aromatic heterocycles. The third-order valence-electron chi connectivity index (χ3n) is 6.05. The van der Waals surface area contributed by atoms with Gasteiger partial charge in [-0.3, -0.25) is 20.3 Å². The van der Waals surface area contributed by atoms with Crippen molar-refractivity contribution in [2.45, 2.75) is 37.4 Å². The Morgan fingerprint density at radius 3 is 2.67 bits per heavy atom. The van der Waals surface area contributed by atoms with Gasteiger partial charge in [0.25, 0.3) is 0 Å². The maximum Gasteiger partial charge on any atom is 0.241 e. The summed E-state index contributed by atoms with van der Waals surface area (Å²) in [6, 6.07) is 6.96. The van der Waals surface area contributed by atoms with Gasteiger partial charge >= 0.3 is 0 Å². The van der Waals surface area contributed by atoms with Crippen LogP contribution in [0.3, 0.4) is 0 Å². The molecule has 4 rings (SSSR count). The summed E-state index contributed by atoms with van der Waals surface area (Å²) in [5.41, 5.74) is 7.36. The largest absolute Gasteiger partial charge is 0.368 e. The molecule has 1 amide bonds. The molecular weight excluding hydrogens is 370 g/mol. The smallest absolute Gasteiger partial charge is 0.241 e. The van der Waals surface area contributed by atoms with Crippen molar-refractivity contribution in [2.24, 2.45) is 5.92 Å². The number of piperazine rings is 1. The molecule has 1 aromatic carbocycles. The van der Waals surface area contributed by atoms with E-state index in [0.717, 1.165) is 25.2 Å². The van der Waals surface area contributed by atoms with Gasteiger partial charge in [-0.05, 0) is 24.6 Å². The molecule has 0 spiro atoms. The molecular formula is C18H24ClN5O3. The Morgan fingerprint density at radius 1 is 1.19 bits per heavy atom. The zero-order valence-electron chi connectivity index (χ0n) is 15.0. The lowest BCUT2D eigenvalue weighted by molar-refractivity contribution is -0.528. The van der Waals surface area contributed by atoms with Crippen molar-refractivity contribution in [2.75, 3.05) is 31.1 Å². The Morgan fingerprint density at radius 2 is 1.96 bits per heavy atom. The third-order valence-corrected chi connectivity index (χ3v) is 6.29. The van der Waals surface area contributed by atoms with Gasteiger partial charge in [0.2, 0.25) is 11.9 Å². The second-order valence-corrected chi connectivity index (χ2v) is 8.02. The lowest BCUT2D eigenvalue weighted by atomic mass is 9.79. The first-order chi connectivity index (χ1) is 13.0. The van der Waals surface area contributed by atoms with Gasteiger partial charge in [0.1, 0.15) is 6.04 Å². The first-order valence-corrected chi connectivity index (χ1v) is 9.84. The van der Waals surface area contributed by atoms with Crippen LogP contribution < -0.4 is 15.8 Å². The van der Waals surface area contributed by atoms with Crippen molar-refractivity contribution in [3.05, 3.63) is 39.4 Å². The van der Waals surface area contributed by atoms with Crippen molar-refractivity contribution in [3.8, 4) is 0 Å². The van der Waals surface area contributed by atoms with E-state index in [0.29, 0.717) is 31.0 Å². The summed E-state index contributed by atoms with van der Waals surface area (Å²) in [6.45, 7) is 2.77. The van der Waals surface area contributed by atoms with Crippen molar-refractivity contribution >= 4 is 23.2 Å². The lowest BCUT2D eigenvalue weighted by Crippen LogP contribution is -2.55. The molecule has 3 fully saturated rings. The standard InChI is InChI=1S/C18H24ClN5O3/c19-12-2-1-3-13(10-12)22-6-8-23(9-7-22)18(25)17-15-11-14(24(26)27)4-5-16(15)20-21-17/h1-3,10,14-17,20-21H,4-9,11H2. The third kappa shape index (κ3) is 3.74. The van der Waals surface area contributed by atoms with Crippen LogP contribution in [-0.2, 0) is 4.79 Å². The molecule has 2 aliphatic heterocycles. The van der Waals surface area contributed by atoms with Gasteiger partial charge in [0.05, 0.1) is 0 Å². The second kappa shape index (κ2) is 7.61. The van der Waals surface area contributed by atoms with E-state index in [-0.39, 0.29) is 28.8 Å². The minimum atomic E-state index is -0.539. The van der Waals surface area contributed by atoms with Gasteiger partial charge in [0.15, 0.2) is 0 Å².